The summed E-state index contributed by atoms with van der Waals surface area (Å²) in [5, 5.41) is 2.73. The van der Waals surface area contributed by atoms with Crippen molar-refractivity contribution in [2.24, 2.45) is 0 Å². The number of nitrogens with zero attached hydrogens (tertiary/aromatic N) is 3. The van der Waals surface area contributed by atoms with Crippen molar-refractivity contribution in [3.05, 3.63) is 38.5 Å². The Labute approximate surface area is 155 Å². The number of H-pyrrole nitrogens is 1. The molecule has 0 aliphatic heterocycles. The van der Waals surface area contributed by atoms with Crippen LogP contribution in [0.25, 0.3) is 22.2 Å². The number of nitrogens with one attached hydrogen (secondary N) is 2. The molecule has 0 saturated carbocycles. The van der Waals surface area contributed by atoms with Crippen molar-refractivity contribution in [2.75, 3.05) is 5.32 Å². The number of hydrogen-bond donors (Lipinski definition) is 2. The minimum Gasteiger partial charge on any atom is -0.326 e. The van der Waals surface area contributed by atoms with Crippen LogP contribution in [0.3, 0.4) is 0 Å². The maximum atomic E-state index is 12.7. The van der Waals surface area contributed by atoms with Gasteiger partial charge in [0.25, 0.3) is 5.56 Å². The molecule has 0 radical (unpaired) electrons. The third kappa shape index (κ3) is 3.89. The first kappa shape index (κ1) is 18.8. The van der Waals surface area contributed by atoms with Gasteiger partial charge in [-0.3, -0.25) is 19.1 Å². The molecule has 2 N–H and O–H groups in total. The molecule has 0 bridgehead atoms. The van der Waals surface area contributed by atoms with Crippen molar-refractivity contribution in [1.29, 1.82) is 0 Å². The summed E-state index contributed by atoms with van der Waals surface area (Å²) in [4.78, 5) is 47.8. The molecule has 0 spiro atoms. The molecule has 0 fully saturated rings. The number of fused-ring (bicyclic) bond motifs is 2. The first-order valence-corrected chi connectivity index (χ1v) is 9.13. The summed E-state index contributed by atoms with van der Waals surface area (Å²) in [6, 6.07) is 3.45. The fraction of sp³-hybridized carbons (Fsp3) is 0.421. The summed E-state index contributed by atoms with van der Waals surface area (Å²) >= 11 is 0. The summed E-state index contributed by atoms with van der Waals surface area (Å²) in [5.41, 5.74) is 1.86. The zero-order valence-electron chi connectivity index (χ0n) is 15.8. The van der Waals surface area contributed by atoms with Crippen LogP contribution in [0.4, 0.5) is 5.69 Å². The Morgan fingerprint density at radius 2 is 1.89 bits per heavy atom. The summed E-state index contributed by atoms with van der Waals surface area (Å²) in [5.74, 6) is -0.189. The lowest BCUT2D eigenvalue weighted by molar-refractivity contribution is -0.114. The Kier molecular flexibility index (Phi) is 5.34. The average Bonchev–Trinajstić information content (AvgIpc) is 2.60. The summed E-state index contributed by atoms with van der Waals surface area (Å²) in [6.45, 7) is 5.74. The van der Waals surface area contributed by atoms with Crippen LogP contribution in [0, 0.1) is 6.92 Å². The van der Waals surface area contributed by atoms with Crippen LogP contribution in [-0.4, -0.2) is 25.4 Å². The second-order valence-corrected chi connectivity index (χ2v) is 6.71. The number of carbonyl (C=O) groups is 1. The van der Waals surface area contributed by atoms with E-state index >= 15 is 0 Å². The number of benzene rings is 1. The van der Waals surface area contributed by atoms with E-state index in [-0.39, 0.29) is 17.1 Å². The normalized spacial score (nSPS) is 11.2. The van der Waals surface area contributed by atoms with E-state index in [1.54, 1.807) is 12.1 Å². The highest BCUT2D eigenvalue weighted by molar-refractivity contribution is 5.94. The molecule has 0 unspecified atom stereocenters. The molecule has 27 heavy (non-hydrogen) atoms. The maximum absolute atomic E-state index is 12.7. The minimum atomic E-state index is -0.480. The predicted molar refractivity (Wildman–Crippen MR) is 105 cm³/mol. The van der Waals surface area contributed by atoms with Gasteiger partial charge in [0.15, 0.2) is 11.2 Å². The fourth-order valence-electron chi connectivity index (χ4n) is 3.06. The van der Waals surface area contributed by atoms with Crippen molar-refractivity contribution in [1.82, 2.24) is 19.5 Å². The van der Waals surface area contributed by atoms with Crippen LogP contribution in [0.1, 0.15) is 45.1 Å². The van der Waals surface area contributed by atoms with Gasteiger partial charge in [0.05, 0.1) is 11.0 Å². The molecule has 0 aliphatic rings. The summed E-state index contributed by atoms with van der Waals surface area (Å²) in [7, 11) is 0. The van der Waals surface area contributed by atoms with E-state index in [0.717, 1.165) is 31.2 Å². The fourth-order valence-corrected chi connectivity index (χ4v) is 3.06. The van der Waals surface area contributed by atoms with Crippen molar-refractivity contribution < 1.29 is 4.79 Å². The van der Waals surface area contributed by atoms with Crippen LogP contribution >= 0.6 is 0 Å². The molecule has 0 aliphatic carbocycles. The van der Waals surface area contributed by atoms with Gasteiger partial charge >= 0.3 is 5.69 Å². The van der Waals surface area contributed by atoms with Crippen molar-refractivity contribution in [3.8, 4) is 0 Å². The second-order valence-electron chi connectivity index (χ2n) is 6.71. The Balaban J connectivity index is 2.10. The monoisotopic (exact) mass is 369 g/mol. The Morgan fingerprint density at radius 1 is 1.15 bits per heavy atom. The number of anilines is 1. The number of carbonyl (C=O) groups excluding carboxylic acids is 1. The van der Waals surface area contributed by atoms with E-state index in [2.05, 4.69) is 27.2 Å². The SMILES string of the molecule is CCCCCCn1c(=O)[nH]c2nc3cc(NC(C)=O)c(C)cc3nc2c1=O. The topological polar surface area (TPSA) is 110 Å². The summed E-state index contributed by atoms with van der Waals surface area (Å²) < 4.78 is 1.19. The third-order valence-corrected chi connectivity index (χ3v) is 4.47. The highest BCUT2D eigenvalue weighted by Crippen LogP contribution is 2.22. The van der Waals surface area contributed by atoms with Crippen LogP contribution in [0.2, 0.25) is 0 Å². The average molecular weight is 369 g/mol. The van der Waals surface area contributed by atoms with Gasteiger partial charge in [-0.2, -0.15) is 0 Å². The van der Waals surface area contributed by atoms with Crippen molar-refractivity contribution >= 4 is 33.8 Å². The van der Waals surface area contributed by atoms with Crippen LogP contribution in [0.5, 0.6) is 0 Å². The van der Waals surface area contributed by atoms with Crippen LogP contribution < -0.4 is 16.6 Å². The molecular formula is C19H23N5O3. The van der Waals surface area contributed by atoms with Gasteiger partial charge in [-0.05, 0) is 31.0 Å². The lowest BCUT2D eigenvalue weighted by atomic mass is 10.1. The van der Waals surface area contributed by atoms with Gasteiger partial charge in [-0.1, -0.05) is 26.2 Å². The Morgan fingerprint density at radius 3 is 2.59 bits per heavy atom. The first-order chi connectivity index (χ1) is 12.9. The number of rotatable bonds is 6. The first-order valence-electron chi connectivity index (χ1n) is 9.13. The van der Waals surface area contributed by atoms with Crippen molar-refractivity contribution in [2.45, 2.75) is 53.0 Å². The molecule has 1 amide bonds. The number of aryl methyl sites for hydroxylation is 1. The van der Waals surface area contributed by atoms with E-state index in [1.165, 1.54) is 11.5 Å². The Hall–Kier alpha value is -3.03. The lowest BCUT2D eigenvalue weighted by Gasteiger charge is -2.09. The molecule has 0 atom stereocenters. The third-order valence-electron chi connectivity index (χ3n) is 4.47. The van der Waals surface area contributed by atoms with E-state index in [1.807, 2.05) is 6.92 Å². The smallest absolute Gasteiger partial charge is 0.326 e. The number of aromatic nitrogens is 4. The number of hydrogen-bond acceptors (Lipinski definition) is 5. The van der Waals surface area contributed by atoms with Gasteiger partial charge in [0.1, 0.15) is 0 Å². The molecule has 142 valence electrons. The predicted octanol–water partition coefficient (Wildman–Crippen LogP) is 2.48. The summed E-state index contributed by atoms with van der Waals surface area (Å²) in [6.07, 6.45) is 3.89. The Bertz CT molecular complexity index is 1130. The second kappa shape index (κ2) is 7.69. The van der Waals surface area contributed by atoms with Gasteiger partial charge < -0.3 is 5.32 Å². The van der Waals surface area contributed by atoms with Gasteiger partial charge in [0.2, 0.25) is 5.91 Å². The van der Waals surface area contributed by atoms with E-state index in [4.69, 9.17) is 0 Å². The van der Waals surface area contributed by atoms with Crippen LogP contribution in [-0.2, 0) is 11.3 Å². The van der Waals surface area contributed by atoms with Gasteiger partial charge in [-0.15, -0.1) is 0 Å². The molecule has 3 aromatic rings. The van der Waals surface area contributed by atoms with Gasteiger partial charge in [0, 0.05) is 19.2 Å². The van der Waals surface area contributed by atoms with Gasteiger partial charge in [-0.25, -0.2) is 14.8 Å². The number of aromatic amines is 1. The molecule has 1 aromatic carbocycles. The van der Waals surface area contributed by atoms with E-state index in [0.29, 0.717) is 23.3 Å². The molecule has 0 saturated heterocycles. The largest absolute Gasteiger partial charge is 0.330 e. The molecular weight excluding hydrogens is 346 g/mol. The van der Waals surface area contributed by atoms with Crippen molar-refractivity contribution in [3.63, 3.8) is 0 Å². The number of unbranched alkanes of at least 4 members (excludes halogenated alkanes) is 3. The zero-order valence-corrected chi connectivity index (χ0v) is 15.8. The van der Waals surface area contributed by atoms with E-state index in [9.17, 15) is 14.4 Å². The molecule has 2 heterocycles. The molecule has 8 heteroatoms. The molecule has 3 rings (SSSR count). The standard InChI is InChI=1S/C19H23N5O3/c1-4-5-6-7-8-24-18(26)16-17(23-19(24)27)22-15-10-13(20-12(3)25)11(2)9-14(15)21-16/h9-10H,4-8H2,1-3H3,(H,20,25)(H,22,23,27). The minimum absolute atomic E-state index is 0.143. The highest BCUT2D eigenvalue weighted by Gasteiger charge is 2.13. The van der Waals surface area contributed by atoms with Crippen LogP contribution in [0.15, 0.2) is 21.7 Å². The van der Waals surface area contributed by atoms with E-state index < -0.39 is 11.2 Å². The zero-order chi connectivity index (χ0) is 19.6. The maximum Gasteiger partial charge on any atom is 0.330 e. The highest BCUT2D eigenvalue weighted by atomic mass is 16.2. The number of amides is 1. The quantitative estimate of drug-likeness (QED) is 0.512. The lowest BCUT2D eigenvalue weighted by Crippen LogP contribution is -2.35. The molecule has 8 nitrogen and oxygen atoms in total. The molecule has 2 aromatic heterocycles.